The number of ether oxygens (including phenoxy) is 2. The molecule has 1 N–H and O–H groups in total. The molecule has 2 saturated heterocycles. The zero-order chi connectivity index (χ0) is 20.6. The number of hydrogen-bond donors (Lipinski definition) is 1. The lowest BCUT2D eigenvalue weighted by Gasteiger charge is -2.33. The average Bonchev–Trinajstić information content (AvgIpc) is 3.01. The van der Waals surface area contributed by atoms with Gasteiger partial charge in [0.2, 0.25) is 11.8 Å². The third kappa shape index (κ3) is 3.91. The lowest BCUT2D eigenvalue weighted by molar-refractivity contribution is -0.154. The predicted octanol–water partition coefficient (Wildman–Crippen LogP) is 1.60. The maximum atomic E-state index is 13.3. The second-order valence-electron chi connectivity index (χ2n) is 9.46. The zero-order valence-electron chi connectivity index (χ0n) is 17.7. The third-order valence-corrected chi connectivity index (χ3v) is 7.00. The first-order valence-corrected chi connectivity index (χ1v) is 10.4. The largest absolute Gasteiger partial charge is 0.467 e. The van der Waals surface area contributed by atoms with Gasteiger partial charge in [-0.2, -0.15) is 0 Å². The van der Waals surface area contributed by atoms with Crippen molar-refractivity contribution in [1.29, 1.82) is 0 Å². The van der Waals surface area contributed by atoms with Crippen LogP contribution in [0.3, 0.4) is 0 Å². The molecular formula is C21H34N2O5. The molecule has 0 bridgehead atoms. The van der Waals surface area contributed by atoms with E-state index >= 15 is 0 Å². The number of nitrogens with zero attached hydrogens (tertiary/aromatic N) is 1. The Bertz CT molecular complexity index is 626. The molecule has 7 nitrogen and oxygen atoms in total. The number of fused-ring (bicyclic) bond motifs is 1. The minimum atomic E-state index is -0.625. The number of esters is 1. The van der Waals surface area contributed by atoms with Gasteiger partial charge in [0.05, 0.1) is 7.11 Å². The van der Waals surface area contributed by atoms with Gasteiger partial charge in [0, 0.05) is 32.1 Å². The standard InChI is InChI=1S/C21H34N2O5/c1-12(2)17(22-15(24)10-13-6-8-28-9-7-13)19(25)23-11-14-16(21(14,3)4)18(23)20(26)27-5/h12-14,16-18H,6-11H2,1-5H3,(H,22,24)/t14-,16-,17-,18-/m0/s1. The normalized spacial score (nSPS) is 29.9. The van der Waals surface area contributed by atoms with Crippen molar-refractivity contribution in [3.8, 4) is 0 Å². The van der Waals surface area contributed by atoms with Gasteiger partial charge in [-0.15, -0.1) is 0 Å². The van der Waals surface area contributed by atoms with Gasteiger partial charge in [-0.05, 0) is 36.0 Å². The molecule has 2 aliphatic heterocycles. The highest BCUT2D eigenvalue weighted by Gasteiger charge is 2.70. The summed E-state index contributed by atoms with van der Waals surface area (Å²) in [6.45, 7) is 10.0. The van der Waals surface area contributed by atoms with Crippen LogP contribution >= 0.6 is 0 Å². The summed E-state index contributed by atoms with van der Waals surface area (Å²) in [5, 5.41) is 2.95. The quantitative estimate of drug-likeness (QED) is 0.692. The van der Waals surface area contributed by atoms with Crippen LogP contribution in [0.2, 0.25) is 0 Å². The summed E-state index contributed by atoms with van der Waals surface area (Å²) >= 11 is 0. The monoisotopic (exact) mass is 394 g/mol. The van der Waals surface area contributed by atoms with Crippen molar-refractivity contribution in [2.24, 2.45) is 29.1 Å². The molecule has 0 aromatic carbocycles. The van der Waals surface area contributed by atoms with Crippen molar-refractivity contribution in [1.82, 2.24) is 10.2 Å². The molecule has 4 atom stereocenters. The van der Waals surface area contributed by atoms with Gasteiger partial charge in [-0.3, -0.25) is 9.59 Å². The molecule has 0 spiro atoms. The number of carbonyl (C=O) groups excluding carboxylic acids is 3. The average molecular weight is 395 g/mol. The molecular weight excluding hydrogens is 360 g/mol. The number of likely N-dealkylation sites (tertiary alicyclic amines) is 1. The molecule has 28 heavy (non-hydrogen) atoms. The van der Waals surface area contributed by atoms with E-state index < -0.39 is 12.1 Å². The summed E-state index contributed by atoms with van der Waals surface area (Å²) in [4.78, 5) is 39.9. The van der Waals surface area contributed by atoms with Crippen molar-refractivity contribution in [3.05, 3.63) is 0 Å². The van der Waals surface area contributed by atoms with Crippen LogP contribution < -0.4 is 5.32 Å². The van der Waals surface area contributed by atoms with E-state index in [1.54, 1.807) is 4.90 Å². The fourth-order valence-corrected chi connectivity index (χ4v) is 5.04. The molecule has 3 rings (SSSR count). The summed E-state index contributed by atoms with van der Waals surface area (Å²) in [5.41, 5.74) is 0.0509. The first-order chi connectivity index (χ1) is 13.2. The number of methoxy groups -OCH3 is 1. The second kappa shape index (κ2) is 8.01. The van der Waals surface area contributed by atoms with Crippen LogP contribution in [0.25, 0.3) is 0 Å². The third-order valence-electron chi connectivity index (χ3n) is 7.00. The Morgan fingerprint density at radius 2 is 1.86 bits per heavy atom. The van der Waals surface area contributed by atoms with E-state index in [0.29, 0.717) is 38.0 Å². The van der Waals surface area contributed by atoms with Crippen molar-refractivity contribution < 1.29 is 23.9 Å². The maximum absolute atomic E-state index is 13.3. The van der Waals surface area contributed by atoms with Gasteiger partial charge >= 0.3 is 5.97 Å². The number of nitrogens with one attached hydrogen (secondary N) is 1. The van der Waals surface area contributed by atoms with E-state index in [0.717, 1.165) is 12.8 Å². The van der Waals surface area contributed by atoms with Crippen LogP contribution in [0, 0.1) is 29.1 Å². The molecule has 1 aliphatic carbocycles. The highest BCUT2D eigenvalue weighted by atomic mass is 16.5. The fourth-order valence-electron chi connectivity index (χ4n) is 5.04. The van der Waals surface area contributed by atoms with Crippen LogP contribution in [-0.2, 0) is 23.9 Å². The Morgan fingerprint density at radius 3 is 2.43 bits per heavy atom. The summed E-state index contributed by atoms with van der Waals surface area (Å²) in [6, 6.07) is -1.17. The molecule has 3 fully saturated rings. The van der Waals surface area contributed by atoms with Crippen molar-refractivity contribution >= 4 is 17.8 Å². The molecule has 158 valence electrons. The number of piperidine rings is 1. The fraction of sp³-hybridized carbons (Fsp3) is 0.857. The highest BCUT2D eigenvalue weighted by Crippen LogP contribution is 2.65. The van der Waals surface area contributed by atoms with E-state index in [-0.39, 0.29) is 35.0 Å². The highest BCUT2D eigenvalue weighted by molar-refractivity contribution is 5.92. The molecule has 0 radical (unpaired) electrons. The van der Waals surface area contributed by atoms with Gasteiger partial charge in [0.1, 0.15) is 12.1 Å². The smallest absolute Gasteiger partial charge is 0.328 e. The van der Waals surface area contributed by atoms with Crippen LogP contribution in [0.1, 0.15) is 47.0 Å². The van der Waals surface area contributed by atoms with Gasteiger partial charge in [0.15, 0.2) is 0 Å². The first-order valence-electron chi connectivity index (χ1n) is 10.4. The first kappa shape index (κ1) is 21.1. The molecule has 2 heterocycles. The van der Waals surface area contributed by atoms with Crippen LogP contribution in [0.15, 0.2) is 0 Å². The minimum Gasteiger partial charge on any atom is -0.467 e. The van der Waals surface area contributed by atoms with Gasteiger partial charge < -0.3 is 19.7 Å². The molecule has 1 saturated carbocycles. The molecule has 7 heteroatoms. The second-order valence-corrected chi connectivity index (χ2v) is 9.46. The summed E-state index contributed by atoms with van der Waals surface area (Å²) in [7, 11) is 1.36. The number of rotatable bonds is 6. The Kier molecular flexibility index (Phi) is 6.03. The van der Waals surface area contributed by atoms with E-state index in [9.17, 15) is 14.4 Å². The SMILES string of the molecule is COC(=O)[C@@H]1[C@@H]2[C@H](CN1C(=O)[C@@H](NC(=O)CC1CCOCC1)C(C)C)C2(C)C. The molecule has 0 aromatic rings. The molecule has 0 unspecified atom stereocenters. The number of amides is 2. The summed E-state index contributed by atoms with van der Waals surface area (Å²) in [6.07, 6.45) is 2.17. The maximum Gasteiger partial charge on any atom is 0.328 e. The van der Waals surface area contributed by atoms with E-state index in [1.165, 1.54) is 7.11 Å². The molecule has 0 aromatic heterocycles. The lowest BCUT2D eigenvalue weighted by Crippen LogP contribution is -2.56. The van der Waals surface area contributed by atoms with Gasteiger partial charge in [0.25, 0.3) is 0 Å². The molecule has 3 aliphatic rings. The topological polar surface area (TPSA) is 84.9 Å². The van der Waals surface area contributed by atoms with E-state index in [4.69, 9.17) is 9.47 Å². The van der Waals surface area contributed by atoms with Crippen LogP contribution in [0.4, 0.5) is 0 Å². The van der Waals surface area contributed by atoms with E-state index in [2.05, 4.69) is 19.2 Å². The van der Waals surface area contributed by atoms with Gasteiger partial charge in [-0.25, -0.2) is 4.79 Å². The van der Waals surface area contributed by atoms with Crippen LogP contribution in [0.5, 0.6) is 0 Å². The Labute approximate surface area is 167 Å². The predicted molar refractivity (Wildman–Crippen MR) is 103 cm³/mol. The van der Waals surface area contributed by atoms with Crippen LogP contribution in [-0.4, -0.2) is 61.6 Å². The number of carbonyl (C=O) groups is 3. The summed E-state index contributed by atoms with van der Waals surface area (Å²) < 4.78 is 10.3. The van der Waals surface area contributed by atoms with Gasteiger partial charge in [-0.1, -0.05) is 27.7 Å². The Balaban J connectivity index is 1.67. The Hall–Kier alpha value is -1.63. The van der Waals surface area contributed by atoms with E-state index in [1.807, 2.05) is 13.8 Å². The van der Waals surface area contributed by atoms with Crippen molar-refractivity contribution in [2.45, 2.75) is 59.0 Å². The zero-order valence-corrected chi connectivity index (χ0v) is 17.7. The summed E-state index contributed by atoms with van der Waals surface area (Å²) in [5.74, 6) is 0.0597. The Morgan fingerprint density at radius 1 is 1.21 bits per heavy atom. The van der Waals surface area contributed by atoms with Crippen molar-refractivity contribution in [3.63, 3.8) is 0 Å². The number of hydrogen-bond acceptors (Lipinski definition) is 5. The molecule has 2 amide bonds. The van der Waals surface area contributed by atoms with Crippen molar-refractivity contribution in [2.75, 3.05) is 26.9 Å². The lowest BCUT2D eigenvalue weighted by atomic mass is 9.95. The minimum absolute atomic E-state index is 0.0509.